The molecule has 1 spiro atoms. The van der Waals surface area contributed by atoms with E-state index in [2.05, 4.69) is 38.7 Å². The van der Waals surface area contributed by atoms with E-state index < -0.39 is 5.72 Å². The normalized spacial score (nSPS) is 46.7. The molecule has 0 unspecified atom stereocenters. The maximum Gasteiger partial charge on any atom is 0.338 e. The van der Waals surface area contributed by atoms with Crippen molar-refractivity contribution in [3.63, 3.8) is 0 Å². The SMILES string of the molecule is CC(=O)N1C[C@H](C)CC[C@]12O[C@@H]1C[C@@H]3[C@@H]4CC=C5C[C@H](OC(=O)c6ccccc6)CC[C@]5(C)[C@@H]4CC[C@]3(C)[C@@H]1[C@@H]2C. The summed E-state index contributed by atoms with van der Waals surface area (Å²) < 4.78 is 13.2. The Morgan fingerprint density at radius 2 is 1.78 bits per heavy atom. The molecule has 5 nitrogen and oxygen atoms in total. The van der Waals surface area contributed by atoms with Crippen LogP contribution < -0.4 is 0 Å². The topological polar surface area (TPSA) is 55.8 Å². The third kappa shape index (κ3) is 4.03. The molecule has 1 aromatic rings. The molecule has 6 aliphatic rings. The molecule has 3 saturated carbocycles. The van der Waals surface area contributed by atoms with Gasteiger partial charge in [-0.1, -0.05) is 57.5 Å². The van der Waals surface area contributed by atoms with Crippen molar-refractivity contribution in [1.82, 2.24) is 4.90 Å². The fourth-order valence-corrected chi connectivity index (χ4v) is 11.4. The highest BCUT2D eigenvalue weighted by Gasteiger charge is 2.69. The maximum atomic E-state index is 12.9. The number of esters is 1. The molecule has 2 saturated heterocycles. The van der Waals surface area contributed by atoms with E-state index in [0.717, 1.165) is 51.5 Å². The van der Waals surface area contributed by atoms with Crippen molar-refractivity contribution in [1.29, 1.82) is 0 Å². The molecule has 5 heteroatoms. The molecular weight excluding hydrogens is 510 g/mol. The lowest BCUT2D eigenvalue weighted by molar-refractivity contribution is -0.200. The first kappa shape index (κ1) is 27.7. The third-order valence-electron chi connectivity index (χ3n) is 13.4. The van der Waals surface area contributed by atoms with E-state index in [0.29, 0.717) is 41.1 Å². The van der Waals surface area contributed by atoms with Crippen LogP contribution in [0.25, 0.3) is 0 Å². The summed E-state index contributed by atoms with van der Waals surface area (Å²) in [6.45, 7) is 12.4. The summed E-state index contributed by atoms with van der Waals surface area (Å²) in [6.07, 6.45) is 12.7. The van der Waals surface area contributed by atoms with Crippen molar-refractivity contribution in [3.8, 4) is 0 Å². The summed E-state index contributed by atoms with van der Waals surface area (Å²) in [5, 5.41) is 0. The van der Waals surface area contributed by atoms with Crippen LogP contribution in [0, 0.1) is 46.3 Å². The summed E-state index contributed by atoms with van der Waals surface area (Å²) in [5.74, 6) is 3.48. The number of nitrogens with zero attached hydrogens (tertiary/aromatic N) is 1. The van der Waals surface area contributed by atoms with Crippen molar-refractivity contribution in [2.24, 2.45) is 46.3 Å². The molecule has 2 heterocycles. The van der Waals surface area contributed by atoms with E-state index >= 15 is 0 Å². The predicted molar refractivity (Wildman–Crippen MR) is 159 cm³/mol. The van der Waals surface area contributed by atoms with E-state index in [1.165, 1.54) is 18.4 Å². The average Bonchev–Trinajstić information content (AvgIpc) is 3.40. The van der Waals surface area contributed by atoms with Gasteiger partial charge in [0.2, 0.25) is 5.91 Å². The van der Waals surface area contributed by atoms with Gasteiger partial charge in [-0.25, -0.2) is 4.79 Å². The highest BCUT2D eigenvalue weighted by Crippen LogP contribution is 2.70. The number of fused-ring (bicyclic) bond motifs is 7. The van der Waals surface area contributed by atoms with Crippen LogP contribution in [-0.2, 0) is 14.3 Å². The minimum Gasteiger partial charge on any atom is -0.458 e. The molecule has 0 radical (unpaired) electrons. The predicted octanol–water partition coefficient (Wildman–Crippen LogP) is 7.41. The van der Waals surface area contributed by atoms with Crippen LogP contribution in [0.4, 0.5) is 0 Å². The van der Waals surface area contributed by atoms with Crippen LogP contribution in [0.1, 0.15) is 103 Å². The van der Waals surface area contributed by atoms with Crippen LogP contribution >= 0.6 is 0 Å². The lowest BCUT2D eigenvalue weighted by Gasteiger charge is -2.59. The van der Waals surface area contributed by atoms with Gasteiger partial charge in [-0.2, -0.15) is 0 Å². The van der Waals surface area contributed by atoms with Gasteiger partial charge in [0, 0.05) is 25.8 Å². The first-order valence-electron chi connectivity index (χ1n) is 16.5. The summed E-state index contributed by atoms with van der Waals surface area (Å²) in [6, 6.07) is 9.41. The lowest BCUT2D eigenvalue weighted by atomic mass is 9.46. The number of hydrogen-bond acceptors (Lipinski definition) is 4. The Bertz CT molecular complexity index is 1240. The van der Waals surface area contributed by atoms with Gasteiger partial charge in [0.1, 0.15) is 11.8 Å². The maximum absolute atomic E-state index is 12.9. The molecule has 5 fully saturated rings. The molecule has 1 aromatic carbocycles. The van der Waals surface area contributed by atoms with E-state index in [9.17, 15) is 9.59 Å². The van der Waals surface area contributed by atoms with Gasteiger partial charge >= 0.3 is 5.97 Å². The number of hydrogen-bond donors (Lipinski definition) is 0. The fourth-order valence-electron chi connectivity index (χ4n) is 11.4. The second-order valence-corrected chi connectivity index (χ2v) is 15.3. The molecule has 4 aliphatic carbocycles. The van der Waals surface area contributed by atoms with Gasteiger partial charge in [-0.3, -0.25) is 4.79 Å². The Hall–Kier alpha value is -2.14. The second kappa shape index (κ2) is 9.69. The van der Waals surface area contributed by atoms with E-state index in [4.69, 9.17) is 9.47 Å². The Morgan fingerprint density at radius 3 is 2.54 bits per heavy atom. The standard InChI is InChI=1S/C36H49NO4/c1-22-13-18-36(37(21-22)24(3)38)23(2)32-31(41-36)20-30-28-12-11-26-19-27(40-33(39)25-9-7-6-8-10-25)14-16-34(26,4)29(28)15-17-35(30,32)5/h6-11,22-23,27-32H,12-21H2,1-5H3/t22-,23+,27-,28-,29-,30-,31-,32-,34+,35+,36-/m1/s1. The van der Waals surface area contributed by atoms with Gasteiger partial charge in [-0.05, 0) is 104 Å². The van der Waals surface area contributed by atoms with E-state index in [1.807, 2.05) is 30.3 Å². The zero-order valence-corrected chi connectivity index (χ0v) is 25.7. The smallest absolute Gasteiger partial charge is 0.338 e. The van der Waals surface area contributed by atoms with Gasteiger partial charge < -0.3 is 14.4 Å². The van der Waals surface area contributed by atoms with Crippen molar-refractivity contribution >= 4 is 11.9 Å². The molecule has 2 aliphatic heterocycles. The number of ether oxygens (including phenoxy) is 2. The Balaban J connectivity index is 1.09. The van der Waals surface area contributed by atoms with Gasteiger partial charge in [0.15, 0.2) is 0 Å². The zero-order chi connectivity index (χ0) is 28.7. The largest absolute Gasteiger partial charge is 0.458 e. The van der Waals surface area contributed by atoms with Crippen LogP contribution in [-0.4, -0.2) is 41.3 Å². The number of allylic oxidation sites excluding steroid dienone is 1. The summed E-state index contributed by atoms with van der Waals surface area (Å²) in [5.41, 5.74) is 2.25. The van der Waals surface area contributed by atoms with Crippen LogP contribution in [0.15, 0.2) is 42.0 Å². The van der Waals surface area contributed by atoms with Crippen molar-refractivity contribution in [3.05, 3.63) is 47.5 Å². The van der Waals surface area contributed by atoms with Gasteiger partial charge in [0.05, 0.1) is 11.7 Å². The lowest BCUT2D eigenvalue weighted by Crippen LogP contribution is -2.60. The molecule has 0 aromatic heterocycles. The quantitative estimate of drug-likeness (QED) is 0.280. The number of benzene rings is 1. The number of carbonyl (C=O) groups is 2. The monoisotopic (exact) mass is 559 g/mol. The summed E-state index contributed by atoms with van der Waals surface area (Å²) in [7, 11) is 0. The first-order chi connectivity index (χ1) is 19.6. The number of rotatable bonds is 2. The van der Waals surface area contributed by atoms with Crippen molar-refractivity contribution in [2.45, 2.75) is 110 Å². The Labute approximate surface area is 246 Å². The number of piperidine rings is 1. The fraction of sp³-hybridized carbons (Fsp3) is 0.722. The molecule has 0 bridgehead atoms. The molecular formula is C36H49NO4. The van der Waals surface area contributed by atoms with Crippen LogP contribution in [0.3, 0.4) is 0 Å². The highest BCUT2D eigenvalue weighted by molar-refractivity contribution is 5.89. The zero-order valence-electron chi connectivity index (χ0n) is 25.7. The molecule has 222 valence electrons. The Morgan fingerprint density at radius 1 is 1.00 bits per heavy atom. The number of likely N-dealkylation sites (tertiary alicyclic amines) is 1. The second-order valence-electron chi connectivity index (χ2n) is 15.3. The van der Waals surface area contributed by atoms with Crippen molar-refractivity contribution in [2.75, 3.05) is 6.54 Å². The molecule has 41 heavy (non-hydrogen) atoms. The van der Waals surface area contributed by atoms with Crippen LogP contribution in [0.2, 0.25) is 0 Å². The number of carbonyl (C=O) groups excluding carboxylic acids is 2. The van der Waals surface area contributed by atoms with E-state index in [1.54, 1.807) is 6.92 Å². The summed E-state index contributed by atoms with van der Waals surface area (Å²) >= 11 is 0. The van der Waals surface area contributed by atoms with E-state index in [-0.39, 0.29) is 34.9 Å². The molecule has 11 atom stereocenters. The number of amides is 1. The molecule has 0 N–H and O–H groups in total. The minimum atomic E-state index is -0.403. The Kier molecular flexibility index (Phi) is 6.54. The summed E-state index contributed by atoms with van der Waals surface area (Å²) in [4.78, 5) is 27.7. The van der Waals surface area contributed by atoms with Crippen LogP contribution in [0.5, 0.6) is 0 Å². The minimum absolute atomic E-state index is 0.0221. The van der Waals surface area contributed by atoms with Crippen molar-refractivity contribution < 1.29 is 19.1 Å². The average molecular weight is 560 g/mol. The molecule has 7 rings (SSSR count). The third-order valence-corrected chi connectivity index (χ3v) is 13.4. The molecule has 1 amide bonds. The first-order valence-corrected chi connectivity index (χ1v) is 16.5. The highest BCUT2D eigenvalue weighted by atomic mass is 16.5. The van der Waals surface area contributed by atoms with Gasteiger partial charge in [-0.15, -0.1) is 0 Å². The van der Waals surface area contributed by atoms with Gasteiger partial charge in [0.25, 0.3) is 0 Å².